The van der Waals surface area contributed by atoms with Crippen LogP contribution in [-0.2, 0) is 28.4 Å². The van der Waals surface area contributed by atoms with Crippen molar-refractivity contribution in [3.63, 3.8) is 0 Å². The molecule has 0 saturated carbocycles. The summed E-state index contributed by atoms with van der Waals surface area (Å²) in [6, 6.07) is 10.1. The third kappa shape index (κ3) is 6.01. The molecule has 0 fully saturated rings. The minimum Gasteiger partial charge on any atom is -0.472 e. The summed E-state index contributed by atoms with van der Waals surface area (Å²) in [6.07, 6.45) is -0.163. The first-order valence-electron chi connectivity index (χ1n) is 11.6. The van der Waals surface area contributed by atoms with Gasteiger partial charge in [-0.3, -0.25) is 9.62 Å². The molecule has 1 N–H and O–H groups in total. The number of fused-ring (bicyclic) bond motifs is 1. The number of nitrogens with one attached hydrogen (secondary N) is 1. The molecule has 0 aliphatic carbocycles. The number of benzene rings is 1. The van der Waals surface area contributed by atoms with Crippen molar-refractivity contribution in [2.24, 2.45) is 0 Å². The second kappa shape index (κ2) is 10.1. The number of hydrogen-bond donors (Lipinski definition) is 1. The van der Waals surface area contributed by atoms with Crippen LogP contribution in [0, 0.1) is 0 Å². The van der Waals surface area contributed by atoms with Gasteiger partial charge in [-0.1, -0.05) is 38.1 Å². The maximum absolute atomic E-state index is 13.0. The van der Waals surface area contributed by atoms with Gasteiger partial charge in [0.05, 0.1) is 4.90 Å². The lowest BCUT2D eigenvalue weighted by molar-refractivity contribution is 0.0795. The molecule has 2 aromatic heterocycles. The van der Waals surface area contributed by atoms with E-state index in [4.69, 9.17) is 9.26 Å². The summed E-state index contributed by atoms with van der Waals surface area (Å²) in [7, 11) is -3.85. The van der Waals surface area contributed by atoms with Crippen molar-refractivity contribution < 1.29 is 26.5 Å². The highest BCUT2D eigenvalue weighted by Crippen LogP contribution is 2.30. The smallest absolute Gasteiger partial charge is 0.272 e. The Balaban J connectivity index is 1.47. The van der Waals surface area contributed by atoms with Crippen molar-refractivity contribution >= 4 is 15.8 Å². The molecule has 194 valence electrons. The van der Waals surface area contributed by atoms with Crippen LogP contribution < -0.4 is 9.46 Å². The number of halogens is 2. The average molecular weight is 521 g/mol. The van der Waals surface area contributed by atoms with Gasteiger partial charge in [0.1, 0.15) is 5.76 Å². The van der Waals surface area contributed by atoms with Crippen LogP contribution in [0.15, 0.2) is 52.0 Å². The molecule has 36 heavy (non-hydrogen) atoms. The molecule has 1 unspecified atom stereocenters. The van der Waals surface area contributed by atoms with Crippen LogP contribution in [0.2, 0.25) is 0 Å². The van der Waals surface area contributed by atoms with Gasteiger partial charge in [-0.25, -0.2) is 22.2 Å². The summed E-state index contributed by atoms with van der Waals surface area (Å²) in [6.45, 7) is 8.54. The molecule has 8 nitrogen and oxygen atoms in total. The van der Waals surface area contributed by atoms with Crippen molar-refractivity contribution in [3.05, 3.63) is 65.0 Å². The summed E-state index contributed by atoms with van der Waals surface area (Å²) in [4.78, 5) is 6.50. The van der Waals surface area contributed by atoms with Gasteiger partial charge < -0.3 is 9.26 Å². The number of ether oxygens (including phenoxy) is 1. The lowest BCUT2D eigenvalue weighted by Crippen LogP contribution is -2.33. The molecule has 0 amide bonds. The van der Waals surface area contributed by atoms with Crippen molar-refractivity contribution in [3.8, 4) is 5.88 Å². The number of pyridine rings is 1. The minimum absolute atomic E-state index is 0.0147. The maximum atomic E-state index is 13.0. The van der Waals surface area contributed by atoms with E-state index in [2.05, 4.69) is 19.8 Å². The molecular weight excluding hydrogens is 490 g/mol. The molecular formula is C25H30F2N4O4S. The van der Waals surface area contributed by atoms with Gasteiger partial charge in [-0.2, -0.15) is 0 Å². The molecule has 0 bridgehead atoms. The number of alkyl halides is 2. The van der Waals surface area contributed by atoms with E-state index in [0.717, 1.165) is 29.7 Å². The Hall–Kier alpha value is -3.05. The SMILES string of the molecule is CC(c1ccc(OCC(F)F)nc1)N1CCc2ccc(S(=O)(=O)Nc3cc(C(C)(C)C)on3)cc2C1. The zero-order chi connectivity index (χ0) is 26.1. The zero-order valence-electron chi connectivity index (χ0n) is 20.7. The standard InChI is InChI=1S/C25H30F2N4O4S/c1-16(18-6-8-24(28-13-18)34-15-22(26)27)31-10-9-17-5-7-20(11-19(17)14-31)36(32,33)30-23-12-21(35-29-23)25(2,3)4/h5-8,11-13,16,22H,9-10,14-15H2,1-4H3,(H,29,30). The molecule has 0 spiro atoms. The summed E-state index contributed by atoms with van der Waals surface area (Å²) in [5.74, 6) is 0.874. The average Bonchev–Trinajstić information content (AvgIpc) is 3.30. The highest BCUT2D eigenvalue weighted by molar-refractivity contribution is 7.92. The normalized spacial score (nSPS) is 15.5. The molecule has 3 heterocycles. The van der Waals surface area contributed by atoms with Crippen LogP contribution in [0.25, 0.3) is 0 Å². The van der Waals surface area contributed by atoms with Gasteiger partial charge in [0, 0.05) is 42.9 Å². The number of nitrogens with zero attached hydrogens (tertiary/aromatic N) is 3. The Morgan fingerprint density at radius 3 is 2.58 bits per heavy atom. The van der Waals surface area contributed by atoms with E-state index in [0.29, 0.717) is 12.3 Å². The second-order valence-corrected chi connectivity index (χ2v) is 11.6. The lowest BCUT2D eigenvalue weighted by atomic mass is 9.93. The van der Waals surface area contributed by atoms with Crippen molar-refractivity contribution in [2.75, 3.05) is 17.9 Å². The Morgan fingerprint density at radius 2 is 1.94 bits per heavy atom. The van der Waals surface area contributed by atoms with E-state index in [1.165, 1.54) is 0 Å². The fourth-order valence-electron chi connectivity index (χ4n) is 4.01. The van der Waals surface area contributed by atoms with E-state index >= 15 is 0 Å². The fourth-order valence-corrected chi connectivity index (χ4v) is 5.04. The number of sulfonamides is 1. The number of hydrogen-bond acceptors (Lipinski definition) is 7. The molecule has 1 aliphatic rings. The van der Waals surface area contributed by atoms with Crippen molar-refractivity contribution in [2.45, 2.75) is 63.4 Å². The molecule has 1 aliphatic heterocycles. The monoisotopic (exact) mass is 520 g/mol. The number of anilines is 1. The van der Waals surface area contributed by atoms with Gasteiger partial charge >= 0.3 is 0 Å². The molecule has 1 aromatic carbocycles. The van der Waals surface area contributed by atoms with Crippen LogP contribution in [0.5, 0.6) is 5.88 Å². The summed E-state index contributed by atoms with van der Waals surface area (Å²) >= 11 is 0. The Kier molecular flexibility index (Phi) is 7.33. The molecule has 4 rings (SSSR count). The van der Waals surface area contributed by atoms with Crippen molar-refractivity contribution in [1.29, 1.82) is 0 Å². The Bertz CT molecular complexity index is 1300. The predicted molar refractivity (Wildman–Crippen MR) is 131 cm³/mol. The van der Waals surface area contributed by atoms with Gasteiger partial charge in [0.15, 0.2) is 12.4 Å². The first kappa shape index (κ1) is 26.0. The van der Waals surface area contributed by atoms with E-state index in [9.17, 15) is 17.2 Å². The Labute approximate surface area is 209 Å². The minimum atomic E-state index is -3.85. The number of rotatable bonds is 8. The topological polar surface area (TPSA) is 97.6 Å². The second-order valence-electron chi connectivity index (χ2n) is 9.89. The van der Waals surface area contributed by atoms with Gasteiger partial charge in [0.2, 0.25) is 5.88 Å². The highest BCUT2D eigenvalue weighted by Gasteiger charge is 2.26. The van der Waals surface area contributed by atoms with Gasteiger partial charge in [-0.15, -0.1) is 0 Å². The van der Waals surface area contributed by atoms with Crippen LogP contribution in [0.1, 0.15) is 56.2 Å². The van der Waals surface area contributed by atoms with E-state index < -0.39 is 23.1 Å². The molecule has 11 heteroatoms. The molecule has 3 aromatic rings. The highest BCUT2D eigenvalue weighted by atomic mass is 32.2. The predicted octanol–water partition coefficient (Wildman–Crippen LogP) is 4.93. The number of aromatic nitrogens is 2. The van der Waals surface area contributed by atoms with E-state index in [-0.39, 0.29) is 28.1 Å². The van der Waals surface area contributed by atoms with E-state index in [1.807, 2.05) is 39.8 Å². The molecule has 0 saturated heterocycles. The molecule has 1 atom stereocenters. The molecule has 0 radical (unpaired) electrons. The van der Waals surface area contributed by atoms with Crippen molar-refractivity contribution in [1.82, 2.24) is 15.0 Å². The Morgan fingerprint density at radius 1 is 1.17 bits per heavy atom. The third-order valence-corrected chi connectivity index (χ3v) is 7.52. The summed E-state index contributed by atoms with van der Waals surface area (Å²) in [5, 5.41) is 3.85. The van der Waals surface area contributed by atoms with Crippen LogP contribution in [0.4, 0.5) is 14.6 Å². The quantitative estimate of drug-likeness (QED) is 0.450. The third-order valence-electron chi connectivity index (χ3n) is 6.16. The zero-order valence-corrected chi connectivity index (χ0v) is 21.5. The van der Waals surface area contributed by atoms with E-state index in [1.54, 1.807) is 30.5 Å². The van der Waals surface area contributed by atoms with Crippen LogP contribution >= 0.6 is 0 Å². The van der Waals surface area contributed by atoms with Gasteiger partial charge in [-0.05, 0) is 42.2 Å². The summed E-state index contributed by atoms with van der Waals surface area (Å²) < 4.78 is 63.5. The lowest BCUT2D eigenvalue weighted by Gasteiger charge is -2.34. The van der Waals surface area contributed by atoms with Crippen LogP contribution in [0.3, 0.4) is 0 Å². The van der Waals surface area contributed by atoms with Crippen LogP contribution in [-0.4, -0.2) is 43.0 Å². The maximum Gasteiger partial charge on any atom is 0.272 e. The first-order chi connectivity index (χ1) is 16.9. The first-order valence-corrected chi connectivity index (χ1v) is 13.1. The largest absolute Gasteiger partial charge is 0.472 e. The summed E-state index contributed by atoms with van der Waals surface area (Å²) in [5.41, 5.74) is 2.64. The van der Waals surface area contributed by atoms with Gasteiger partial charge in [0.25, 0.3) is 16.4 Å². The fraction of sp³-hybridized carbons (Fsp3) is 0.440.